The van der Waals surface area contributed by atoms with E-state index in [1.165, 1.54) is 41.7 Å². The number of carbonyl (C=O) groups is 2. The summed E-state index contributed by atoms with van der Waals surface area (Å²) >= 11 is 7.67. The number of aryl methyl sites for hydroxylation is 2. The van der Waals surface area contributed by atoms with Crippen LogP contribution in [-0.2, 0) is 9.59 Å². The lowest BCUT2D eigenvalue weighted by molar-refractivity contribution is -0.129. The van der Waals surface area contributed by atoms with Gasteiger partial charge in [-0.2, -0.15) is 0 Å². The maximum absolute atomic E-state index is 12.0. The standard InChI is InChI=1S/C22H24ClN3O4S/c1-13-5-7-18(11-14(13)2)29-9-10-30-20-8-6-17(12-19(20)23)21-26(16(4)28)25-22(31-21)24-15(3)27/h5-8,11-12,21H,9-10H2,1-4H3,(H,24,25,27)/t21-/m1/s1. The van der Waals surface area contributed by atoms with Crippen LogP contribution in [-0.4, -0.2) is 35.2 Å². The van der Waals surface area contributed by atoms with E-state index in [0.29, 0.717) is 29.2 Å². The van der Waals surface area contributed by atoms with Crippen molar-refractivity contribution < 1.29 is 19.1 Å². The zero-order valence-electron chi connectivity index (χ0n) is 17.8. The average Bonchev–Trinajstić information content (AvgIpc) is 3.12. The molecule has 0 spiro atoms. The van der Waals surface area contributed by atoms with E-state index in [0.717, 1.165) is 11.3 Å². The Morgan fingerprint density at radius 1 is 1.10 bits per heavy atom. The fourth-order valence-electron chi connectivity index (χ4n) is 2.88. The number of hydrogen-bond acceptors (Lipinski definition) is 6. The lowest BCUT2D eigenvalue weighted by Crippen LogP contribution is -2.25. The number of ether oxygens (including phenoxy) is 2. The highest BCUT2D eigenvalue weighted by atomic mass is 35.5. The summed E-state index contributed by atoms with van der Waals surface area (Å²) < 4.78 is 11.5. The summed E-state index contributed by atoms with van der Waals surface area (Å²) in [5.74, 6) is 0.832. The summed E-state index contributed by atoms with van der Waals surface area (Å²) in [5.41, 5.74) is 3.16. The lowest BCUT2D eigenvalue weighted by Gasteiger charge is -2.20. The van der Waals surface area contributed by atoms with Crippen molar-refractivity contribution in [2.75, 3.05) is 13.2 Å². The molecule has 0 saturated heterocycles. The maximum atomic E-state index is 12.0. The first-order chi connectivity index (χ1) is 14.7. The third-order valence-electron chi connectivity index (χ3n) is 4.58. The molecular formula is C22H24ClN3O4S. The van der Waals surface area contributed by atoms with Crippen LogP contribution in [0.15, 0.2) is 41.5 Å². The van der Waals surface area contributed by atoms with E-state index in [2.05, 4.69) is 17.3 Å². The van der Waals surface area contributed by atoms with Gasteiger partial charge in [-0.3, -0.25) is 9.59 Å². The van der Waals surface area contributed by atoms with Crippen molar-refractivity contribution >= 4 is 40.3 Å². The van der Waals surface area contributed by atoms with Gasteiger partial charge < -0.3 is 14.8 Å². The Bertz CT molecular complexity index is 1030. The Morgan fingerprint density at radius 2 is 1.84 bits per heavy atom. The first kappa shape index (κ1) is 23.0. The second-order valence-corrected chi connectivity index (χ2v) is 8.53. The van der Waals surface area contributed by atoms with Crippen LogP contribution < -0.4 is 14.8 Å². The van der Waals surface area contributed by atoms with E-state index in [4.69, 9.17) is 21.1 Å². The molecule has 31 heavy (non-hydrogen) atoms. The van der Waals surface area contributed by atoms with Crippen molar-refractivity contribution in [3.8, 4) is 11.5 Å². The SMILES string of the molecule is CC(=O)NC1=NN(C(C)=O)[C@@H](c2ccc(OCCOc3ccc(C)c(C)c3)c(Cl)c2)S1. The van der Waals surface area contributed by atoms with E-state index >= 15 is 0 Å². The topological polar surface area (TPSA) is 80.2 Å². The van der Waals surface area contributed by atoms with Gasteiger partial charge in [0.05, 0.1) is 5.02 Å². The smallest absolute Gasteiger partial charge is 0.241 e. The van der Waals surface area contributed by atoms with E-state index in [9.17, 15) is 9.59 Å². The molecule has 0 fully saturated rings. The van der Waals surface area contributed by atoms with Crippen molar-refractivity contribution in [2.45, 2.75) is 33.1 Å². The third kappa shape index (κ3) is 5.92. The molecule has 1 atom stereocenters. The first-order valence-electron chi connectivity index (χ1n) is 9.69. The molecule has 1 N–H and O–H groups in total. The van der Waals surface area contributed by atoms with Gasteiger partial charge in [0, 0.05) is 13.8 Å². The molecule has 1 heterocycles. The van der Waals surface area contributed by atoms with Crippen molar-refractivity contribution in [3.63, 3.8) is 0 Å². The number of benzene rings is 2. The van der Waals surface area contributed by atoms with Crippen LogP contribution >= 0.6 is 23.4 Å². The fourth-order valence-corrected chi connectivity index (χ4v) is 4.25. The molecule has 2 amide bonds. The van der Waals surface area contributed by atoms with Crippen LogP contribution in [0, 0.1) is 13.8 Å². The highest BCUT2D eigenvalue weighted by Gasteiger charge is 2.32. The van der Waals surface area contributed by atoms with Gasteiger partial charge in [-0.15, -0.1) is 5.10 Å². The minimum absolute atomic E-state index is 0.238. The molecule has 1 aliphatic rings. The summed E-state index contributed by atoms with van der Waals surface area (Å²) in [6.07, 6.45) is 0. The van der Waals surface area contributed by atoms with Gasteiger partial charge in [0.1, 0.15) is 30.1 Å². The molecule has 9 heteroatoms. The second kappa shape index (κ2) is 10.1. The van der Waals surface area contributed by atoms with Crippen LogP contribution in [0.2, 0.25) is 5.02 Å². The Morgan fingerprint density at radius 3 is 2.48 bits per heavy atom. The molecule has 2 aromatic rings. The molecule has 0 aliphatic carbocycles. The van der Waals surface area contributed by atoms with Gasteiger partial charge >= 0.3 is 0 Å². The van der Waals surface area contributed by atoms with Gasteiger partial charge in [0.25, 0.3) is 0 Å². The highest BCUT2D eigenvalue weighted by Crippen LogP contribution is 2.40. The van der Waals surface area contributed by atoms with Gasteiger partial charge in [-0.1, -0.05) is 35.5 Å². The minimum Gasteiger partial charge on any atom is -0.490 e. The molecular weight excluding hydrogens is 438 g/mol. The van der Waals surface area contributed by atoms with Gasteiger partial charge in [-0.05, 0) is 54.8 Å². The number of halogens is 1. The van der Waals surface area contributed by atoms with E-state index in [1.807, 2.05) is 31.2 Å². The van der Waals surface area contributed by atoms with Crippen LogP contribution in [0.3, 0.4) is 0 Å². The molecule has 3 rings (SSSR count). The normalized spacial score (nSPS) is 15.5. The predicted molar refractivity (Wildman–Crippen MR) is 122 cm³/mol. The molecule has 0 radical (unpaired) electrons. The number of amides is 2. The summed E-state index contributed by atoms with van der Waals surface area (Å²) in [7, 11) is 0. The van der Waals surface area contributed by atoms with Gasteiger partial charge in [-0.25, -0.2) is 5.01 Å². The lowest BCUT2D eigenvalue weighted by atomic mass is 10.1. The number of hydrogen-bond donors (Lipinski definition) is 1. The maximum Gasteiger partial charge on any atom is 0.241 e. The monoisotopic (exact) mass is 461 g/mol. The minimum atomic E-state index is -0.418. The first-order valence-corrected chi connectivity index (χ1v) is 11.0. The Balaban J connectivity index is 1.60. The zero-order valence-corrected chi connectivity index (χ0v) is 19.3. The van der Waals surface area contributed by atoms with Gasteiger partial charge in [0.2, 0.25) is 11.8 Å². The van der Waals surface area contributed by atoms with Crippen LogP contribution in [0.4, 0.5) is 0 Å². The highest BCUT2D eigenvalue weighted by molar-refractivity contribution is 8.14. The Hall–Kier alpha value is -2.71. The Labute approximate surface area is 190 Å². The van der Waals surface area contributed by atoms with Crippen LogP contribution in [0.25, 0.3) is 0 Å². The number of amidine groups is 1. The zero-order chi connectivity index (χ0) is 22.5. The molecule has 0 saturated carbocycles. The average molecular weight is 462 g/mol. The molecule has 2 aromatic carbocycles. The van der Waals surface area contributed by atoms with E-state index in [1.54, 1.807) is 12.1 Å². The second-order valence-electron chi connectivity index (χ2n) is 7.05. The van der Waals surface area contributed by atoms with Crippen LogP contribution in [0.5, 0.6) is 11.5 Å². The van der Waals surface area contributed by atoms with E-state index < -0.39 is 5.37 Å². The Kier molecular flexibility index (Phi) is 7.46. The number of hydrazone groups is 1. The number of rotatable bonds is 6. The van der Waals surface area contributed by atoms with Crippen molar-refractivity contribution in [2.24, 2.45) is 5.10 Å². The fraction of sp³-hybridized carbons (Fsp3) is 0.318. The molecule has 1 aliphatic heterocycles. The van der Waals surface area contributed by atoms with Crippen molar-refractivity contribution in [3.05, 3.63) is 58.1 Å². The van der Waals surface area contributed by atoms with E-state index in [-0.39, 0.29) is 11.8 Å². The van der Waals surface area contributed by atoms with Crippen LogP contribution in [0.1, 0.15) is 35.9 Å². The molecule has 0 unspecified atom stereocenters. The van der Waals surface area contributed by atoms with Crippen molar-refractivity contribution in [1.82, 2.24) is 10.3 Å². The number of thioether (sulfide) groups is 1. The molecule has 164 valence electrons. The summed E-state index contributed by atoms with van der Waals surface area (Å²) in [6.45, 7) is 7.62. The quantitative estimate of drug-likeness (QED) is 0.644. The predicted octanol–water partition coefficient (Wildman–Crippen LogP) is 4.42. The molecule has 7 nitrogen and oxygen atoms in total. The summed E-state index contributed by atoms with van der Waals surface area (Å²) in [4.78, 5) is 23.3. The van der Waals surface area contributed by atoms with Gasteiger partial charge in [0.15, 0.2) is 5.17 Å². The third-order valence-corrected chi connectivity index (χ3v) is 5.98. The summed E-state index contributed by atoms with van der Waals surface area (Å²) in [5, 5.41) is 8.48. The molecule has 0 aromatic heterocycles. The summed E-state index contributed by atoms with van der Waals surface area (Å²) in [6, 6.07) is 11.3. The largest absolute Gasteiger partial charge is 0.490 e. The van der Waals surface area contributed by atoms with Crippen molar-refractivity contribution in [1.29, 1.82) is 0 Å². The number of nitrogens with zero attached hydrogens (tertiary/aromatic N) is 2. The number of nitrogens with one attached hydrogen (secondary N) is 1. The number of carbonyl (C=O) groups excluding carboxylic acids is 2. The molecule has 0 bridgehead atoms.